The zero-order valence-corrected chi connectivity index (χ0v) is 16.8. The molecule has 1 aromatic carbocycles. The summed E-state index contributed by atoms with van der Waals surface area (Å²) in [6.07, 6.45) is 6.99. The van der Waals surface area contributed by atoms with Crippen molar-refractivity contribution >= 4 is 17.2 Å². The van der Waals surface area contributed by atoms with E-state index in [4.69, 9.17) is 0 Å². The van der Waals surface area contributed by atoms with Crippen LogP contribution in [0.25, 0.3) is 10.6 Å². The lowest BCUT2D eigenvalue weighted by atomic mass is 10.2. The van der Waals surface area contributed by atoms with Crippen LogP contribution < -0.4 is 0 Å². The monoisotopic (exact) mass is 400 g/mol. The van der Waals surface area contributed by atoms with E-state index < -0.39 is 0 Å². The van der Waals surface area contributed by atoms with Crippen LogP contribution in [0.4, 0.5) is 0 Å². The molecule has 0 N–H and O–H groups in total. The maximum atomic E-state index is 13.3. The zero-order chi connectivity index (χ0) is 20.1. The van der Waals surface area contributed by atoms with Gasteiger partial charge in [-0.2, -0.15) is 0 Å². The van der Waals surface area contributed by atoms with Crippen LogP contribution in [0, 0.1) is 6.92 Å². The summed E-state index contributed by atoms with van der Waals surface area (Å²) in [6.45, 7) is 3.00. The average Bonchev–Trinajstić information content (AvgIpc) is 3.25. The van der Waals surface area contributed by atoms with Crippen LogP contribution in [0.1, 0.15) is 27.2 Å². The lowest BCUT2D eigenvalue weighted by Crippen LogP contribution is -2.30. The molecule has 6 heteroatoms. The Morgan fingerprint density at radius 1 is 0.931 bits per heavy atom. The van der Waals surface area contributed by atoms with Gasteiger partial charge in [0.25, 0.3) is 5.91 Å². The first kappa shape index (κ1) is 19.0. The first-order valence-corrected chi connectivity index (χ1v) is 10.2. The van der Waals surface area contributed by atoms with Crippen LogP contribution in [0.15, 0.2) is 78.7 Å². The fourth-order valence-electron chi connectivity index (χ4n) is 2.98. The number of pyridine rings is 2. The molecule has 0 spiro atoms. The molecule has 0 aliphatic rings. The predicted octanol–water partition coefficient (Wildman–Crippen LogP) is 4.75. The van der Waals surface area contributed by atoms with Crippen molar-refractivity contribution in [3.8, 4) is 10.6 Å². The Kier molecular flexibility index (Phi) is 5.72. The van der Waals surface area contributed by atoms with E-state index in [1.165, 1.54) is 16.9 Å². The molecule has 0 unspecified atom stereocenters. The van der Waals surface area contributed by atoms with Gasteiger partial charge in [-0.25, -0.2) is 4.98 Å². The van der Waals surface area contributed by atoms with Gasteiger partial charge in [0.05, 0.1) is 0 Å². The maximum Gasteiger partial charge on any atom is 0.273 e. The molecular formula is C23H20N4OS. The number of hydrogen-bond donors (Lipinski definition) is 0. The Balaban J connectivity index is 1.59. The van der Waals surface area contributed by atoms with Gasteiger partial charge in [0.1, 0.15) is 10.7 Å². The number of amides is 1. The first-order chi connectivity index (χ1) is 14.2. The molecule has 4 rings (SSSR count). The maximum absolute atomic E-state index is 13.3. The molecule has 5 nitrogen and oxygen atoms in total. The summed E-state index contributed by atoms with van der Waals surface area (Å²) in [7, 11) is 0. The molecule has 3 aromatic heterocycles. The lowest BCUT2D eigenvalue weighted by molar-refractivity contribution is 0.0724. The van der Waals surface area contributed by atoms with E-state index in [0.29, 0.717) is 18.8 Å². The zero-order valence-electron chi connectivity index (χ0n) is 16.0. The first-order valence-electron chi connectivity index (χ1n) is 9.29. The summed E-state index contributed by atoms with van der Waals surface area (Å²) in [5, 5.41) is 2.68. The van der Waals surface area contributed by atoms with Gasteiger partial charge in [0.2, 0.25) is 0 Å². The summed E-state index contributed by atoms with van der Waals surface area (Å²) >= 11 is 1.49. The predicted molar refractivity (Wildman–Crippen MR) is 114 cm³/mol. The fourth-order valence-corrected chi connectivity index (χ4v) is 3.78. The van der Waals surface area contributed by atoms with E-state index in [9.17, 15) is 4.79 Å². The number of aryl methyl sites for hydroxylation is 1. The molecule has 0 atom stereocenters. The second kappa shape index (κ2) is 8.75. The summed E-state index contributed by atoms with van der Waals surface area (Å²) in [5.74, 6) is -0.0970. The van der Waals surface area contributed by atoms with Gasteiger partial charge >= 0.3 is 0 Å². The van der Waals surface area contributed by atoms with Crippen LogP contribution in [-0.2, 0) is 13.1 Å². The van der Waals surface area contributed by atoms with Crippen molar-refractivity contribution in [2.75, 3.05) is 0 Å². The number of carbonyl (C=O) groups excluding carboxylic acids is 1. The second-order valence-corrected chi connectivity index (χ2v) is 7.64. The third kappa shape index (κ3) is 4.73. The molecule has 0 aliphatic heterocycles. The van der Waals surface area contributed by atoms with E-state index in [2.05, 4.69) is 34.0 Å². The van der Waals surface area contributed by atoms with Gasteiger partial charge in [0, 0.05) is 48.8 Å². The molecule has 4 aromatic rings. The number of thiazole rings is 1. The van der Waals surface area contributed by atoms with Crippen LogP contribution in [0.2, 0.25) is 0 Å². The van der Waals surface area contributed by atoms with Gasteiger partial charge < -0.3 is 4.90 Å². The van der Waals surface area contributed by atoms with Gasteiger partial charge in [-0.05, 0) is 36.2 Å². The van der Waals surface area contributed by atoms with Crippen LogP contribution >= 0.6 is 11.3 Å². The third-order valence-corrected chi connectivity index (χ3v) is 5.42. The molecule has 0 radical (unpaired) electrons. The van der Waals surface area contributed by atoms with E-state index in [1.807, 2.05) is 41.8 Å². The van der Waals surface area contributed by atoms with E-state index in [0.717, 1.165) is 21.7 Å². The van der Waals surface area contributed by atoms with Crippen molar-refractivity contribution in [1.82, 2.24) is 19.9 Å². The van der Waals surface area contributed by atoms with Crippen molar-refractivity contribution in [1.29, 1.82) is 0 Å². The number of rotatable bonds is 6. The highest BCUT2D eigenvalue weighted by atomic mass is 32.1. The topological polar surface area (TPSA) is 59.0 Å². The molecule has 0 saturated heterocycles. The Labute approximate surface area is 173 Å². The van der Waals surface area contributed by atoms with Crippen LogP contribution in [-0.4, -0.2) is 25.8 Å². The number of nitrogens with zero attached hydrogens (tertiary/aromatic N) is 4. The quantitative estimate of drug-likeness (QED) is 0.469. The average molecular weight is 401 g/mol. The fraction of sp³-hybridized carbons (Fsp3) is 0.130. The minimum Gasteiger partial charge on any atom is -0.329 e. The van der Waals surface area contributed by atoms with Gasteiger partial charge in [-0.15, -0.1) is 11.3 Å². The molecule has 0 saturated carbocycles. The summed E-state index contributed by atoms with van der Waals surface area (Å²) in [4.78, 5) is 27.9. The van der Waals surface area contributed by atoms with Crippen LogP contribution in [0.3, 0.4) is 0 Å². The number of aromatic nitrogens is 3. The molecule has 0 bridgehead atoms. The highest BCUT2D eigenvalue weighted by Gasteiger charge is 2.20. The Morgan fingerprint density at radius 3 is 2.41 bits per heavy atom. The summed E-state index contributed by atoms with van der Waals surface area (Å²) < 4.78 is 0. The van der Waals surface area contributed by atoms with Gasteiger partial charge in [-0.1, -0.05) is 35.9 Å². The summed E-state index contributed by atoms with van der Waals surface area (Å²) in [5.41, 5.74) is 4.67. The van der Waals surface area contributed by atoms with Crippen molar-refractivity contribution in [3.05, 3.63) is 101 Å². The number of carbonyl (C=O) groups is 1. The molecular weight excluding hydrogens is 380 g/mol. The largest absolute Gasteiger partial charge is 0.329 e. The Bertz CT molecular complexity index is 1040. The standard InChI is InChI=1S/C23H20N4OS/c1-17-4-6-20(7-5-17)22-26-21(16-29-22)23(28)27(14-18-8-11-24-12-9-18)15-19-3-2-10-25-13-19/h2-13,16H,14-15H2,1H3. The molecule has 1 amide bonds. The van der Waals surface area contributed by atoms with E-state index >= 15 is 0 Å². The Hall–Kier alpha value is -3.38. The van der Waals surface area contributed by atoms with Crippen molar-refractivity contribution in [3.63, 3.8) is 0 Å². The smallest absolute Gasteiger partial charge is 0.273 e. The third-order valence-electron chi connectivity index (χ3n) is 4.53. The van der Waals surface area contributed by atoms with Gasteiger partial charge in [0.15, 0.2) is 0 Å². The Morgan fingerprint density at radius 2 is 1.69 bits per heavy atom. The highest BCUT2D eigenvalue weighted by molar-refractivity contribution is 7.13. The number of benzene rings is 1. The minimum absolute atomic E-state index is 0.0970. The number of hydrogen-bond acceptors (Lipinski definition) is 5. The van der Waals surface area contributed by atoms with Crippen molar-refractivity contribution < 1.29 is 4.79 Å². The van der Waals surface area contributed by atoms with Gasteiger partial charge in [-0.3, -0.25) is 14.8 Å². The lowest BCUT2D eigenvalue weighted by Gasteiger charge is -2.22. The van der Waals surface area contributed by atoms with Crippen molar-refractivity contribution in [2.45, 2.75) is 20.0 Å². The van der Waals surface area contributed by atoms with Crippen molar-refractivity contribution in [2.24, 2.45) is 0 Å². The molecule has 0 aliphatic carbocycles. The molecule has 3 heterocycles. The minimum atomic E-state index is -0.0970. The molecule has 0 fully saturated rings. The highest BCUT2D eigenvalue weighted by Crippen LogP contribution is 2.25. The molecule has 29 heavy (non-hydrogen) atoms. The van der Waals surface area contributed by atoms with Crippen LogP contribution in [0.5, 0.6) is 0 Å². The van der Waals surface area contributed by atoms with E-state index in [-0.39, 0.29) is 5.91 Å². The molecule has 144 valence electrons. The second-order valence-electron chi connectivity index (χ2n) is 6.78. The SMILES string of the molecule is Cc1ccc(-c2nc(C(=O)N(Cc3ccncc3)Cc3cccnc3)cs2)cc1. The normalized spacial score (nSPS) is 10.7. The summed E-state index contributed by atoms with van der Waals surface area (Å²) in [6, 6.07) is 15.9. The van der Waals surface area contributed by atoms with E-state index in [1.54, 1.807) is 29.7 Å².